The van der Waals surface area contributed by atoms with Gasteiger partial charge in [0.25, 0.3) is 5.82 Å². The zero-order chi connectivity index (χ0) is 26.4. The molecular formula is C35H45N2+. The number of aromatic nitrogens is 2. The summed E-state index contributed by atoms with van der Waals surface area (Å²) >= 11 is 0. The Morgan fingerprint density at radius 1 is 1.08 bits per heavy atom. The first-order valence-corrected chi connectivity index (χ1v) is 14.3. The van der Waals surface area contributed by atoms with Crippen LogP contribution in [0.15, 0.2) is 67.4 Å². The molecule has 2 heteroatoms. The van der Waals surface area contributed by atoms with Crippen LogP contribution < -0.4 is 4.57 Å². The van der Waals surface area contributed by atoms with Gasteiger partial charge in [-0.25, -0.2) is 4.57 Å². The van der Waals surface area contributed by atoms with Gasteiger partial charge in [0.15, 0.2) is 0 Å². The number of aryl methyl sites for hydroxylation is 2. The molecule has 194 valence electrons. The van der Waals surface area contributed by atoms with E-state index in [4.69, 9.17) is 0 Å². The molecule has 2 nitrogen and oxygen atoms in total. The van der Waals surface area contributed by atoms with Crippen LogP contribution in [0.2, 0.25) is 0 Å². The van der Waals surface area contributed by atoms with Gasteiger partial charge in [-0.2, -0.15) is 4.57 Å². The number of hydrogen-bond donors (Lipinski definition) is 0. The summed E-state index contributed by atoms with van der Waals surface area (Å²) in [5, 5.41) is 0. The van der Waals surface area contributed by atoms with Crippen LogP contribution in [-0.4, -0.2) is 4.57 Å². The van der Waals surface area contributed by atoms with E-state index in [9.17, 15) is 0 Å². The van der Waals surface area contributed by atoms with Crippen LogP contribution >= 0.6 is 0 Å². The second-order valence-electron chi connectivity index (χ2n) is 12.4. The standard InChI is InChI=1S/C35H45N2/c1-8-13-25(3)21-28-22-26(4)32(27(5)23-28)37-24-31(35(7)18-19-35)36-20-12-17-34(6,16-9-2)30-15-11-10-14-29(30)33(36)37/h9-11,14-15,22-24H,2-3,8,12-13,16-21H2,1,4-7H3/q+1. The van der Waals surface area contributed by atoms with Gasteiger partial charge in [-0.1, -0.05) is 75.8 Å². The van der Waals surface area contributed by atoms with Crippen molar-refractivity contribution in [1.82, 2.24) is 4.57 Å². The molecule has 1 aliphatic carbocycles. The third kappa shape index (κ3) is 4.65. The maximum Gasteiger partial charge on any atom is 0.294 e. The van der Waals surface area contributed by atoms with Crippen LogP contribution in [-0.2, 0) is 23.8 Å². The van der Waals surface area contributed by atoms with Crippen LogP contribution in [0.4, 0.5) is 0 Å². The van der Waals surface area contributed by atoms with Gasteiger partial charge in [-0.05, 0) is 92.5 Å². The molecule has 2 aliphatic rings. The summed E-state index contributed by atoms with van der Waals surface area (Å²) in [5.41, 5.74) is 11.5. The van der Waals surface area contributed by atoms with E-state index in [0.717, 1.165) is 32.2 Å². The van der Waals surface area contributed by atoms with Crippen molar-refractivity contribution >= 4 is 0 Å². The maximum absolute atomic E-state index is 4.33. The van der Waals surface area contributed by atoms with Crippen molar-refractivity contribution in [2.24, 2.45) is 0 Å². The largest absolute Gasteiger partial charge is 0.294 e. The number of imidazole rings is 1. The Hall–Kier alpha value is -2.87. The van der Waals surface area contributed by atoms with E-state index in [0.29, 0.717) is 0 Å². The van der Waals surface area contributed by atoms with Gasteiger partial charge in [0.05, 0.1) is 12.1 Å². The molecule has 2 heterocycles. The normalized spacial score (nSPS) is 19.9. The van der Waals surface area contributed by atoms with E-state index in [2.05, 4.69) is 106 Å². The Morgan fingerprint density at radius 2 is 1.78 bits per heavy atom. The van der Waals surface area contributed by atoms with Gasteiger partial charge in [0, 0.05) is 5.41 Å². The lowest BCUT2D eigenvalue weighted by molar-refractivity contribution is -0.584. The summed E-state index contributed by atoms with van der Waals surface area (Å²) in [6.07, 6.45) is 13.8. The number of benzene rings is 2. The highest BCUT2D eigenvalue weighted by atomic mass is 15.2. The molecule has 3 aromatic rings. The zero-order valence-electron chi connectivity index (χ0n) is 23.8. The minimum atomic E-state index is 0.100. The van der Waals surface area contributed by atoms with E-state index in [1.165, 1.54) is 76.3 Å². The van der Waals surface area contributed by atoms with Crippen LogP contribution in [0.25, 0.3) is 17.1 Å². The average Bonchev–Trinajstić information content (AvgIpc) is 3.47. The van der Waals surface area contributed by atoms with Gasteiger partial charge in [-0.15, -0.1) is 6.58 Å². The Kier molecular flexibility index (Phi) is 6.81. The van der Waals surface area contributed by atoms with Gasteiger partial charge < -0.3 is 0 Å². The Balaban J connectivity index is 1.74. The van der Waals surface area contributed by atoms with Crippen LogP contribution in [0, 0.1) is 13.8 Å². The molecule has 1 saturated carbocycles. The number of allylic oxidation sites excluding steroid dienone is 2. The summed E-state index contributed by atoms with van der Waals surface area (Å²) in [6, 6.07) is 14.0. The van der Waals surface area contributed by atoms with E-state index in [1.807, 2.05) is 0 Å². The molecule has 1 fully saturated rings. The molecule has 0 N–H and O–H groups in total. The lowest BCUT2D eigenvalue weighted by Crippen LogP contribution is -2.36. The van der Waals surface area contributed by atoms with Gasteiger partial charge >= 0.3 is 0 Å². The summed E-state index contributed by atoms with van der Waals surface area (Å²) < 4.78 is 5.22. The Morgan fingerprint density at radius 3 is 2.43 bits per heavy atom. The van der Waals surface area contributed by atoms with Gasteiger partial charge in [-0.3, -0.25) is 0 Å². The molecule has 0 radical (unpaired) electrons. The van der Waals surface area contributed by atoms with E-state index in [1.54, 1.807) is 0 Å². The summed E-state index contributed by atoms with van der Waals surface area (Å²) in [4.78, 5) is 0. The second kappa shape index (κ2) is 9.78. The van der Waals surface area contributed by atoms with Crippen LogP contribution in [0.5, 0.6) is 0 Å². The van der Waals surface area contributed by atoms with Crippen molar-refractivity contribution in [3.8, 4) is 17.1 Å². The minimum Gasteiger partial charge on any atom is -0.226 e. The summed E-state index contributed by atoms with van der Waals surface area (Å²) in [7, 11) is 0. The molecule has 1 aliphatic heterocycles. The SMILES string of the molecule is C=CCC1(C)CCCn2c(C3(C)CC3)c[n+](-c3c(C)cc(CC(=C)CCC)cc3C)c2-c2ccccc21. The fourth-order valence-corrected chi connectivity index (χ4v) is 6.85. The highest BCUT2D eigenvalue weighted by Crippen LogP contribution is 2.50. The van der Waals surface area contributed by atoms with E-state index < -0.39 is 0 Å². The third-order valence-corrected chi connectivity index (χ3v) is 9.02. The van der Waals surface area contributed by atoms with Crippen molar-refractivity contribution in [2.45, 2.75) is 103 Å². The molecule has 2 aromatic carbocycles. The molecule has 0 spiro atoms. The lowest BCUT2D eigenvalue weighted by atomic mass is 9.73. The Bertz CT molecular complexity index is 1330. The molecule has 0 saturated heterocycles. The summed E-state index contributed by atoms with van der Waals surface area (Å²) in [6.45, 7) is 21.2. The fourth-order valence-electron chi connectivity index (χ4n) is 6.85. The number of hydrogen-bond acceptors (Lipinski definition) is 0. The van der Waals surface area contributed by atoms with E-state index >= 15 is 0 Å². The van der Waals surface area contributed by atoms with Crippen molar-refractivity contribution in [3.63, 3.8) is 0 Å². The number of rotatable bonds is 8. The fraction of sp³-hybridized carbons (Fsp3) is 0.457. The van der Waals surface area contributed by atoms with Gasteiger partial charge in [0.2, 0.25) is 0 Å². The Labute approximate surface area is 224 Å². The van der Waals surface area contributed by atoms with E-state index in [-0.39, 0.29) is 10.8 Å². The highest BCUT2D eigenvalue weighted by Gasteiger charge is 2.48. The van der Waals surface area contributed by atoms with Crippen molar-refractivity contribution < 1.29 is 4.57 Å². The zero-order valence-corrected chi connectivity index (χ0v) is 23.8. The molecule has 1 aromatic heterocycles. The van der Waals surface area contributed by atoms with Gasteiger partial charge in [0.1, 0.15) is 17.6 Å². The molecule has 5 rings (SSSR count). The van der Waals surface area contributed by atoms with Crippen molar-refractivity contribution in [3.05, 3.63) is 95.3 Å². The van der Waals surface area contributed by atoms with Crippen LogP contribution in [0.3, 0.4) is 0 Å². The monoisotopic (exact) mass is 493 g/mol. The predicted octanol–water partition coefficient (Wildman–Crippen LogP) is 8.63. The molecular weight excluding hydrogens is 448 g/mol. The minimum absolute atomic E-state index is 0.100. The lowest BCUT2D eigenvalue weighted by Gasteiger charge is -2.32. The number of fused-ring (bicyclic) bond motifs is 3. The third-order valence-electron chi connectivity index (χ3n) is 9.02. The molecule has 0 amide bonds. The second-order valence-corrected chi connectivity index (χ2v) is 12.4. The average molecular weight is 494 g/mol. The highest BCUT2D eigenvalue weighted by molar-refractivity contribution is 5.63. The summed E-state index contributed by atoms with van der Waals surface area (Å²) in [5.74, 6) is 1.35. The molecule has 0 bridgehead atoms. The van der Waals surface area contributed by atoms with Crippen molar-refractivity contribution in [2.75, 3.05) is 0 Å². The number of nitrogens with zero attached hydrogens (tertiary/aromatic N) is 2. The first kappa shape index (κ1) is 25.8. The smallest absolute Gasteiger partial charge is 0.226 e. The quantitative estimate of drug-likeness (QED) is 0.219. The topological polar surface area (TPSA) is 8.81 Å². The molecule has 1 unspecified atom stereocenters. The van der Waals surface area contributed by atoms with Crippen molar-refractivity contribution in [1.29, 1.82) is 0 Å². The van der Waals surface area contributed by atoms with Crippen LogP contribution in [0.1, 0.15) is 93.7 Å². The molecule has 37 heavy (non-hydrogen) atoms. The maximum atomic E-state index is 4.33. The predicted molar refractivity (Wildman–Crippen MR) is 157 cm³/mol. The first-order valence-electron chi connectivity index (χ1n) is 14.3. The molecule has 1 atom stereocenters. The first-order chi connectivity index (χ1) is 17.7.